The molecule has 2 N–H and O–H groups in total. The number of carbonyl (C=O) groups excluding carboxylic acids is 1. The van der Waals surface area contributed by atoms with Gasteiger partial charge >= 0.3 is 0 Å². The van der Waals surface area contributed by atoms with Crippen molar-refractivity contribution >= 4 is 11.9 Å². The summed E-state index contributed by atoms with van der Waals surface area (Å²) < 4.78 is 5.41. The van der Waals surface area contributed by atoms with E-state index in [0.717, 1.165) is 5.56 Å². The molecule has 0 bridgehead atoms. The average molecular weight is 366 g/mol. The topological polar surface area (TPSA) is 106 Å². The van der Waals surface area contributed by atoms with E-state index in [2.05, 4.69) is 30.7 Å². The molecule has 1 amide bonds. The smallest absolute Gasteiger partial charge is 0.249 e. The van der Waals surface area contributed by atoms with Crippen LogP contribution in [0, 0.1) is 5.92 Å². The van der Waals surface area contributed by atoms with E-state index in [-0.39, 0.29) is 24.3 Å². The van der Waals surface area contributed by atoms with Gasteiger partial charge in [0.2, 0.25) is 23.6 Å². The molecule has 2 aromatic heterocycles. The zero-order valence-corrected chi connectivity index (χ0v) is 15.3. The lowest BCUT2D eigenvalue weighted by molar-refractivity contribution is -0.122. The fraction of sp³-hybridized carbons (Fsp3) is 0.316. The molecule has 3 rings (SSSR count). The maximum Gasteiger partial charge on any atom is 0.249 e. The summed E-state index contributed by atoms with van der Waals surface area (Å²) in [7, 11) is 0. The first-order valence-electron chi connectivity index (χ1n) is 8.83. The van der Waals surface area contributed by atoms with E-state index < -0.39 is 0 Å². The quantitative estimate of drug-likeness (QED) is 0.631. The summed E-state index contributed by atoms with van der Waals surface area (Å²) in [5.74, 6) is 1.39. The summed E-state index contributed by atoms with van der Waals surface area (Å²) in [6.07, 6.45) is 3.56. The van der Waals surface area contributed by atoms with Crippen LogP contribution in [-0.4, -0.2) is 32.6 Å². The summed E-state index contributed by atoms with van der Waals surface area (Å²) in [4.78, 5) is 24.9. The monoisotopic (exact) mass is 366 g/mol. The zero-order valence-electron chi connectivity index (χ0n) is 15.3. The molecule has 8 heteroatoms. The number of rotatable bonds is 8. The Morgan fingerprint density at radius 2 is 1.85 bits per heavy atom. The van der Waals surface area contributed by atoms with Gasteiger partial charge in [-0.05, 0) is 12.0 Å². The highest BCUT2D eigenvalue weighted by atomic mass is 16.5. The summed E-state index contributed by atoms with van der Waals surface area (Å²) in [6.45, 7) is 4.42. The second-order valence-corrected chi connectivity index (χ2v) is 6.36. The largest absolute Gasteiger partial charge is 0.354 e. The predicted molar refractivity (Wildman–Crippen MR) is 101 cm³/mol. The fourth-order valence-electron chi connectivity index (χ4n) is 2.50. The Balaban J connectivity index is 1.59. The first-order valence-corrected chi connectivity index (χ1v) is 8.83. The van der Waals surface area contributed by atoms with Crippen molar-refractivity contribution in [3.63, 3.8) is 0 Å². The second kappa shape index (κ2) is 8.88. The van der Waals surface area contributed by atoms with Crippen LogP contribution in [-0.2, 0) is 4.79 Å². The van der Waals surface area contributed by atoms with Crippen molar-refractivity contribution < 1.29 is 9.32 Å². The van der Waals surface area contributed by atoms with Crippen LogP contribution in [0.3, 0.4) is 0 Å². The molecule has 1 aromatic carbocycles. The van der Waals surface area contributed by atoms with Crippen LogP contribution in [0.5, 0.6) is 0 Å². The molecule has 0 aliphatic rings. The Kier molecular flexibility index (Phi) is 6.09. The maximum absolute atomic E-state index is 12.3. The van der Waals surface area contributed by atoms with Gasteiger partial charge in [0.05, 0.1) is 0 Å². The predicted octanol–water partition coefficient (Wildman–Crippen LogP) is 2.84. The number of carbonyl (C=O) groups is 1. The number of amides is 1. The Labute approximate surface area is 157 Å². The van der Waals surface area contributed by atoms with Gasteiger partial charge in [-0.25, -0.2) is 9.97 Å². The number of nitrogens with one attached hydrogen (secondary N) is 2. The van der Waals surface area contributed by atoms with Gasteiger partial charge in [0, 0.05) is 30.9 Å². The summed E-state index contributed by atoms with van der Waals surface area (Å²) in [5.41, 5.74) is 0.869. The van der Waals surface area contributed by atoms with Crippen molar-refractivity contribution in [1.29, 1.82) is 0 Å². The van der Waals surface area contributed by atoms with Crippen LogP contribution in [0.1, 0.15) is 32.2 Å². The van der Waals surface area contributed by atoms with Gasteiger partial charge in [0.1, 0.15) is 6.04 Å². The van der Waals surface area contributed by atoms with Crippen LogP contribution in [0.15, 0.2) is 53.3 Å². The SMILES string of the molecule is CC(C)[C@H](NC(=O)CCNc1ncccn1)c1nc(-c2ccccc2)no1. The third kappa shape index (κ3) is 5.10. The van der Waals surface area contributed by atoms with Crippen LogP contribution in [0.25, 0.3) is 11.4 Å². The summed E-state index contributed by atoms with van der Waals surface area (Å²) in [5, 5.41) is 10.0. The Morgan fingerprint density at radius 3 is 2.56 bits per heavy atom. The van der Waals surface area contributed by atoms with Gasteiger partial charge in [-0.2, -0.15) is 4.98 Å². The van der Waals surface area contributed by atoms with E-state index in [1.54, 1.807) is 18.5 Å². The molecular weight excluding hydrogens is 344 g/mol. The fourth-order valence-corrected chi connectivity index (χ4v) is 2.50. The Bertz CT molecular complexity index is 851. The molecule has 27 heavy (non-hydrogen) atoms. The van der Waals surface area contributed by atoms with Crippen molar-refractivity contribution in [2.45, 2.75) is 26.3 Å². The van der Waals surface area contributed by atoms with Crippen molar-refractivity contribution in [2.75, 3.05) is 11.9 Å². The molecule has 140 valence electrons. The van der Waals surface area contributed by atoms with Crippen molar-refractivity contribution in [3.05, 3.63) is 54.7 Å². The minimum Gasteiger partial charge on any atom is -0.354 e. The van der Waals surface area contributed by atoms with E-state index in [9.17, 15) is 4.79 Å². The van der Waals surface area contributed by atoms with Crippen molar-refractivity contribution in [1.82, 2.24) is 25.4 Å². The molecule has 0 saturated carbocycles. The van der Waals surface area contributed by atoms with E-state index in [0.29, 0.717) is 24.2 Å². The third-order valence-corrected chi connectivity index (χ3v) is 3.92. The number of hydrogen-bond acceptors (Lipinski definition) is 7. The Hall–Kier alpha value is -3.29. The molecule has 2 heterocycles. The van der Waals surface area contributed by atoms with Gasteiger partial charge in [-0.1, -0.05) is 49.3 Å². The van der Waals surface area contributed by atoms with Crippen LogP contribution >= 0.6 is 0 Å². The normalized spacial score (nSPS) is 12.0. The molecule has 0 unspecified atom stereocenters. The van der Waals surface area contributed by atoms with E-state index in [1.807, 2.05) is 44.2 Å². The summed E-state index contributed by atoms with van der Waals surface area (Å²) >= 11 is 0. The highest BCUT2D eigenvalue weighted by molar-refractivity contribution is 5.76. The van der Waals surface area contributed by atoms with Gasteiger partial charge in [-0.3, -0.25) is 4.79 Å². The number of anilines is 1. The molecule has 0 aliphatic carbocycles. The zero-order chi connectivity index (χ0) is 19.1. The minimum absolute atomic E-state index is 0.100. The molecule has 0 radical (unpaired) electrons. The Morgan fingerprint density at radius 1 is 1.11 bits per heavy atom. The van der Waals surface area contributed by atoms with E-state index in [1.165, 1.54) is 0 Å². The minimum atomic E-state index is -0.351. The van der Waals surface area contributed by atoms with Gasteiger partial charge in [0.15, 0.2) is 0 Å². The first-order chi connectivity index (χ1) is 13.1. The average Bonchev–Trinajstić information content (AvgIpc) is 3.17. The third-order valence-electron chi connectivity index (χ3n) is 3.92. The number of aromatic nitrogens is 4. The van der Waals surface area contributed by atoms with Gasteiger partial charge in [0.25, 0.3) is 0 Å². The summed E-state index contributed by atoms with van der Waals surface area (Å²) in [6, 6.07) is 11.0. The van der Waals surface area contributed by atoms with E-state index >= 15 is 0 Å². The highest BCUT2D eigenvalue weighted by Gasteiger charge is 2.24. The molecule has 8 nitrogen and oxygen atoms in total. The van der Waals surface area contributed by atoms with Crippen LogP contribution in [0.4, 0.5) is 5.95 Å². The van der Waals surface area contributed by atoms with E-state index in [4.69, 9.17) is 4.52 Å². The number of nitrogens with zero attached hydrogens (tertiary/aromatic N) is 4. The highest BCUT2D eigenvalue weighted by Crippen LogP contribution is 2.23. The molecule has 3 aromatic rings. The van der Waals surface area contributed by atoms with Gasteiger partial charge < -0.3 is 15.2 Å². The molecule has 0 fully saturated rings. The maximum atomic E-state index is 12.3. The van der Waals surface area contributed by atoms with Crippen LogP contribution < -0.4 is 10.6 Å². The van der Waals surface area contributed by atoms with Gasteiger partial charge in [-0.15, -0.1) is 0 Å². The molecular formula is C19H22N6O2. The lowest BCUT2D eigenvalue weighted by Gasteiger charge is -2.18. The number of hydrogen-bond donors (Lipinski definition) is 2. The lowest BCUT2D eigenvalue weighted by Crippen LogP contribution is -2.33. The second-order valence-electron chi connectivity index (χ2n) is 6.36. The van der Waals surface area contributed by atoms with Crippen molar-refractivity contribution in [3.8, 4) is 11.4 Å². The first kappa shape index (κ1) is 18.5. The van der Waals surface area contributed by atoms with Crippen molar-refractivity contribution in [2.24, 2.45) is 5.92 Å². The number of benzene rings is 1. The molecule has 0 spiro atoms. The van der Waals surface area contributed by atoms with Crippen LogP contribution in [0.2, 0.25) is 0 Å². The molecule has 1 atom stereocenters. The lowest BCUT2D eigenvalue weighted by atomic mass is 10.0. The molecule has 0 saturated heterocycles. The standard InChI is InChI=1S/C19H22N6O2/c1-13(2)16(18-24-17(25-27-18)14-7-4-3-5-8-14)23-15(26)9-12-22-19-20-10-6-11-21-19/h3-8,10-11,13,16H,9,12H2,1-2H3,(H,23,26)(H,20,21,22)/t16-/m0/s1. The molecule has 0 aliphatic heterocycles.